The Kier molecular flexibility index (Phi) is 7.22. The van der Waals surface area contributed by atoms with Gasteiger partial charge >= 0.3 is 0 Å². The smallest absolute Gasteiger partial charge is 0.126 e. The van der Waals surface area contributed by atoms with Crippen LogP contribution in [0.5, 0.6) is 0 Å². The van der Waals surface area contributed by atoms with Crippen LogP contribution in [-0.4, -0.2) is 19.0 Å². The van der Waals surface area contributed by atoms with E-state index in [1.807, 2.05) is 7.11 Å². The summed E-state index contributed by atoms with van der Waals surface area (Å²) in [5, 5.41) is 0. The molecule has 0 saturated heterocycles. The average Bonchev–Trinajstić information content (AvgIpc) is 2.45. The van der Waals surface area contributed by atoms with Gasteiger partial charge in [-0.25, -0.2) is 0 Å². The minimum atomic E-state index is -0.242. The normalized spacial score (nSPS) is 33.6. The number of rotatable bonds is 8. The number of methoxy groups -OCH3 is 1. The van der Waals surface area contributed by atoms with Gasteiger partial charge in [-0.2, -0.15) is 0 Å². The van der Waals surface area contributed by atoms with Gasteiger partial charge in [0.15, 0.2) is 0 Å². The number of hydrogen-bond donors (Lipinski definition) is 0. The van der Waals surface area contributed by atoms with E-state index < -0.39 is 0 Å². The van der Waals surface area contributed by atoms with E-state index in [2.05, 4.69) is 27.7 Å². The molecule has 2 heteroatoms. The molecule has 0 bridgehead atoms. The first kappa shape index (κ1) is 17.7. The molecule has 1 fully saturated rings. The second-order valence-electron chi connectivity index (χ2n) is 6.76. The summed E-state index contributed by atoms with van der Waals surface area (Å²) in [6.45, 7) is 9.00. The van der Waals surface area contributed by atoms with Crippen molar-refractivity contribution in [2.45, 2.75) is 78.2 Å². The van der Waals surface area contributed by atoms with E-state index in [9.17, 15) is 4.79 Å². The molecule has 1 rings (SSSR count). The van der Waals surface area contributed by atoms with Crippen LogP contribution < -0.4 is 0 Å². The SMILES string of the molecule is CCCCC(CC)C(C=O)C1(OC)C(C)CCCC1C. The molecule has 1 saturated carbocycles. The van der Waals surface area contributed by atoms with Crippen LogP contribution in [0.2, 0.25) is 0 Å². The molecular formula is C18H34O2. The fourth-order valence-corrected chi connectivity index (χ4v) is 4.55. The number of carbonyl (C=O) groups is 1. The molecule has 0 aromatic carbocycles. The lowest BCUT2D eigenvalue weighted by atomic mass is 9.60. The standard InChI is InChI=1S/C18H34O2/c1-6-8-12-16(7-2)17(13-19)18(20-5)14(3)10-9-11-15(18)4/h13-17H,6-12H2,1-5H3. The van der Waals surface area contributed by atoms with Gasteiger partial charge in [0.2, 0.25) is 0 Å². The van der Waals surface area contributed by atoms with Crippen LogP contribution >= 0.6 is 0 Å². The summed E-state index contributed by atoms with van der Waals surface area (Å²) in [6, 6.07) is 0. The van der Waals surface area contributed by atoms with Crippen LogP contribution in [0, 0.1) is 23.7 Å². The van der Waals surface area contributed by atoms with Crippen molar-refractivity contribution in [1.29, 1.82) is 0 Å². The van der Waals surface area contributed by atoms with E-state index in [1.165, 1.54) is 38.4 Å². The van der Waals surface area contributed by atoms with E-state index >= 15 is 0 Å². The van der Waals surface area contributed by atoms with E-state index in [0.717, 1.165) is 12.8 Å². The zero-order chi connectivity index (χ0) is 15.2. The predicted octanol–water partition coefficient (Wildman–Crippen LogP) is 4.86. The van der Waals surface area contributed by atoms with Crippen molar-refractivity contribution in [3.8, 4) is 0 Å². The summed E-state index contributed by atoms with van der Waals surface area (Å²) >= 11 is 0. The van der Waals surface area contributed by atoms with Gasteiger partial charge in [-0.05, 0) is 37.0 Å². The average molecular weight is 282 g/mol. The summed E-state index contributed by atoms with van der Waals surface area (Å²) in [5.41, 5.74) is -0.242. The fourth-order valence-electron chi connectivity index (χ4n) is 4.55. The van der Waals surface area contributed by atoms with Gasteiger partial charge < -0.3 is 9.53 Å². The predicted molar refractivity (Wildman–Crippen MR) is 84.8 cm³/mol. The van der Waals surface area contributed by atoms with E-state index in [1.54, 1.807) is 0 Å². The molecule has 20 heavy (non-hydrogen) atoms. The second kappa shape index (κ2) is 8.17. The zero-order valence-electron chi connectivity index (χ0n) is 14.2. The number of unbranched alkanes of at least 4 members (excludes halogenated alkanes) is 1. The summed E-state index contributed by atoms with van der Waals surface area (Å²) in [4.78, 5) is 11.9. The molecule has 118 valence electrons. The largest absolute Gasteiger partial charge is 0.377 e. The summed E-state index contributed by atoms with van der Waals surface area (Å²) < 4.78 is 6.09. The van der Waals surface area contributed by atoms with Crippen molar-refractivity contribution in [3.63, 3.8) is 0 Å². The molecule has 0 spiro atoms. The monoisotopic (exact) mass is 282 g/mol. The van der Waals surface area contributed by atoms with Gasteiger partial charge in [0, 0.05) is 13.0 Å². The first-order valence-electron chi connectivity index (χ1n) is 8.58. The summed E-state index contributed by atoms with van der Waals surface area (Å²) in [5.74, 6) is 1.47. The Hall–Kier alpha value is -0.370. The van der Waals surface area contributed by atoms with Crippen LogP contribution in [-0.2, 0) is 9.53 Å². The molecule has 0 radical (unpaired) electrons. The lowest BCUT2D eigenvalue weighted by Crippen LogP contribution is -2.56. The van der Waals surface area contributed by atoms with Gasteiger partial charge in [0.1, 0.15) is 6.29 Å². The van der Waals surface area contributed by atoms with E-state index in [-0.39, 0.29) is 11.5 Å². The Balaban J connectivity index is 3.05. The van der Waals surface area contributed by atoms with Gasteiger partial charge in [0.25, 0.3) is 0 Å². The van der Waals surface area contributed by atoms with Crippen molar-refractivity contribution >= 4 is 6.29 Å². The number of aldehydes is 1. The zero-order valence-corrected chi connectivity index (χ0v) is 14.2. The Morgan fingerprint density at radius 3 is 2.25 bits per heavy atom. The van der Waals surface area contributed by atoms with Gasteiger partial charge in [-0.15, -0.1) is 0 Å². The highest BCUT2D eigenvalue weighted by atomic mass is 16.5. The highest BCUT2D eigenvalue weighted by Gasteiger charge is 2.51. The molecule has 4 atom stereocenters. The van der Waals surface area contributed by atoms with E-state index in [4.69, 9.17) is 4.74 Å². The second-order valence-corrected chi connectivity index (χ2v) is 6.76. The van der Waals surface area contributed by atoms with Gasteiger partial charge in [-0.1, -0.05) is 53.4 Å². The van der Waals surface area contributed by atoms with Crippen molar-refractivity contribution in [2.75, 3.05) is 7.11 Å². The van der Waals surface area contributed by atoms with Crippen molar-refractivity contribution in [3.05, 3.63) is 0 Å². The lowest BCUT2D eigenvalue weighted by molar-refractivity contribution is -0.169. The van der Waals surface area contributed by atoms with Crippen LogP contribution in [0.4, 0.5) is 0 Å². The molecule has 0 heterocycles. The molecule has 0 amide bonds. The first-order valence-corrected chi connectivity index (χ1v) is 8.58. The maximum absolute atomic E-state index is 11.9. The van der Waals surface area contributed by atoms with E-state index in [0.29, 0.717) is 17.8 Å². The topological polar surface area (TPSA) is 26.3 Å². The Morgan fingerprint density at radius 2 is 1.85 bits per heavy atom. The summed E-state index contributed by atoms with van der Waals surface area (Å²) in [6.07, 6.45) is 9.50. The molecule has 1 aliphatic rings. The molecule has 4 unspecified atom stereocenters. The highest BCUT2D eigenvalue weighted by molar-refractivity contribution is 5.57. The lowest BCUT2D eigenvalue weighted by Gasteiger charge is -2.51. The van der Waals surface area contributed by atoms with Crippen molar-refractivity contribution < 1.29 is 9.53 Å². The van der Waals surface area contributed by atoms with Crippen LogP contribution in [0.25, 0.3) is 0 Å². The third kappa shape index (κ3) is 3.27. The third-order valence-corrected chi connectivity index (χ3v) is 5.80. The molecular weight excluding hydrogens is 248 g/mol. The van der Waals surface area contributed by atoms with Crippen LogP contribution in [0.1, 0.15) is 72.6 Å². The Labute approximate surface area is 125 Å². The Bertz CT molecular complexity index is 277. The molecule has 0 aromatic rings. The molecule has 1 aliphatic carbocycles. The van der Waals surface area contributed by atoms with Crippen molar-refractivity contribution in [1.82, 2.24) is 0 Å². The van der Waals surface area contributed by atoms with Crippen molar-refractivity contribution in [2.24, 2.45) is 23.7 Å². The van der Waals surface area contributed by atoms with Crippen LogP contribution in [0.15, 0.2) is 0 Å². The van der Waals surface area contributed by atoms with Gasteiger partial charge in [0.05, 0.1) is 5.60 Å². The fraction of sp³-hybridized carbons (Fsp3) is 0.944. The quantitative estimate of drug-likeness (QED) is 0.594. The Morgan fingerprint density at radius 1 is 1.25 bits per heavy atom. The first-order chi connectivity index (χ1) is 9.58. The molecule has 0 aromatic heterocycles. The maximum Gasteiger partial charge on any atom is 0.126 e. The minimum absolute atomic E-state index is 0.0503. The molecule has 2 nitrogen and oxygen atoms in total. The maximum atomic E-state index is 11.9. The van der Waals surface area contributed by atoms with Crippen LogP contribution in [0.3, 0.4) is 0 Å². The summed E-state index contributed by atoms with van der Waals surface area (Å²) in [7, 11) is 1.82. The molecule has 0 aliphatic heterocycles. The highest BCUT2D eigenvalue weighted by Crippen LogP contribution is 2.48. The molecule has 0 N–H and O–H groups in total. The number of ether oxygens (including phenoxy) is 1. The number of carbonyl (C=O) groups excluding carboxylic acids is 1. The minimum Gasteiger partial charge on any atom is -0.377 e. The third-order valence-electron chi connectivity index (χ3n) is 5.80. The number of hydrogen-bond acceptors (Lipinski definition) is 2. The van der Waals surface area contributed by atoms with Gasteiger partial charge in [-0.3, -0.25) is 0 Å².